The van der Waals surface area contributed by atoms with E-state index in [9.17, 15) is 5.11 Å². The number of nitrogens with zero attached hydrogens (tertiary/aromatic N) is 1. The Morgan fingerprint density at radius 1 is 1.12 bits per heavy atom. The van der Waals surface area contributed by atoms with Crippen LogP contribution in [0.2, 0.25) is 0 Å². The number of aliphatic hydroxyl groups is 1. The van der Waals surface area contributed by atoms with Crippen LogP contribution >= 0.6 is 0 Å². The number of hydrogen-bond donors (Lipinski definition) is 2. The van der Waals surface area contributed by atoms with Crippen molar-refractivity contribution in [2.45, 2.75) is 57.1 Å². The second-order valence-corrected chi connectivity index (χ2v) is 5.18. The van der Waals surface area contributed by atoms with E-state index in [0.29, 0.717) is 12.0 Å². The molecule has 0 spiro atoms. The topological polar surface area (TPSA) is 44.6 Å². The fraction of sp³-hybridized carbons (Fsp3) is 0.923. The van der Waals surface area contributed by atoms with E-state index in [4.69, 9.17) is 0 Å². The minimum atomic E-state index is -0.142. The van der Waals surface area contributed by atoms with Gasteiger partial charge in [0.15, 0.2) is 0 Å². The highest BCUT2D eigenvalue weighted by Crippen LogP contribution is 2.22. The van der Waals surface area contributed by atoms with Crippen LogP contribution in [0.5, 0.6) is 0 Å². The quantitative estimate of drug-likeness (QED) is 0.717. The highest BCUT2D eigenvalue weighted by atomic mass is 16.3. The first-order valence-corrected chi connectivity index (χ1v) is 6.77. The largest absolute Gasteiger partial charge is 0.392 e. The number of hydrogen-bond acceptors (Lipinski definition) is 3. The molecule has 16 heavy (non-hydrogen) atoms. The Hall–Kier alpha value is -0.410. The van der Waals surface area contributed by atoms with E-state index in [-0.39, 0.29) is 6.10 Å². The van der Waals surface area contributed by atoms with Gasteiger partial charge in [0, 0.05) is 18.2 Å². The summed E-state index contributed by atoms with van der Waals surface area (Å²) in [5.41, 5.74) is 0. The summed E-state index contributed by atoms with van der Waals surface area (Å²) in [7, 11) is 0. The van der Waals surface area contributed by atoms with Gasteiger partial charge < -0.3 is 10.4 Å². The van der Waals surface area contributed by atoms with Gasteiger partial charge >= 0.3 is 0 Å². The standard InChI is InChI=1S/C13H24N2O/c16-13-7-2-1-5-11(13)9-14-10-12-6-3-4-8-15-12/h9,11-13,15-16H,1-8,10H2. The van der Waals surface area contributed by atoms with Gasteiger partial charge in [-0.05, 0) is 32.2 Å². The van der Waals surface area contributed by atoms with Gasteiger partial charge in [-0.3, -0.25) is 4.99 Å². The zero-order valence-corrected chi connectivity index (χ0v) is 10.1. The van der Waals surface area contributed by atoms with Gasteiger partial charge in [-0.2, -0.15) is 0 Å². The lowest BCUT2D eigenvalue weighted by Gasteiger charge is -2.25. The normalized spacial score (nSPS) is 36.7. The number of piperidine rings is 1. The molecule has 92 valence electrons. The molecular formula is C13H24N2O. The van der Waals surface area contributed by atoms with Crippen molar-refractivity contribution < 1.29 is 5.11 Å². The van der Waals surface area contributed by atoms with Crippen molar-refractivity contribution in [2.24, 2.45) is 10.9 Å². The molecule has 0 aromatic heterocycles. The predicted octanol–water partition coefficient (Wildman–Crippen LogP) is 1.75. The molecule has 0 bridgehead atoms. The van der Waals surface area contributed by atoms with Crippen molar-refractivity contribution in [3.05, 3.63) is 0 Å². The predicted molar refractivity (Wildman–Crippen MR) is 67.0 cm³/mol. The molecule has 0 radical (unpaired) electrons. The summed E-state index contributed by atoms with van der Waals surface area (Å²) in [5, 5.41) is 13.3. The summed E-state index contributed by atoms with van der Waals surface area (Å²) in [4.78, 5) is 4.52. The zero-order chi connectivity index (χ0) is 11.2. The van der Waals surface area contributed by atoms with Crippen molar-refractivity contribution in [2.75, 3.05) is 13.1 Å². The fourth-order valence-corrected chi connectivity index (χ4v) is 2.72. The van der Waals surface area contributed by atoms with E-state index >= 15 is 0 Å². The van der Waals surface area contributed by atoms with Gasteiger partial charge in [0.25, 0.3) is 0 Å². The molecule has 0 aromatic carbocycles. The second kappa shape index (κ2) is 6.36. The lowest BCUT2D eigenvalue weighted by molar-refractivity contribution is 0.103. The van der Waals surface area contributed by atoms with Crippen LogP contribution in [0.3, 0.4) is 0 Å². The van der Waals surface area contributed by atoms with Crippen molar-refractivity contribution in [1.82, 2.24) is 5.32 Å². The molecule has 3 unspecified atom stereocenters. The number of aliphatic imine (C=N–C) groups is 1. The third kappa shape index (κ3) is 3.56. The van der Waals surface area contributed by atoms with Crippen molar-refractivity contribution in [1.29, 1.82) is 0 Å². The summed E-state index contributed by atoms with van der Waals surface area (Å²) >= 11 is 0. The Labute approximate surface area is 98.3 Å². The smallest absolute Gasteiger partial charge is 0.0617 e. The summed E-state index contributed by atoms with van der Waals surface area (Å²) in [6, 6.07) is 0.575. The second-order valence-electron chi connectivity index (χ2n) is 5.18. The van der Waals surface area contributed by atoms with E-state index in [1.54, 1.807) is 0 Å². The highest BCUT2D eigenvalue weighted by Gasteiger charge is 2.21. The van der Waals surface area contributed by atoms with E-state index in [1.807, 2.05) is 6.21 Å². The summed E-state index contributed by atoms with van der Waals surface area (Å²) < 4.78 is 0. The van der Waals surface area contributed by atoms with Gasteiger partial charge in [0.05, 0.1) is 12.6 Å². The summed E-state index contributed by atoms with van der Waals surface area (Å²) in [5.74, 6) is 0.317. The van der Waals surface area contributed by atoms with Crippen LogP contribution in [0, 0.1) is 5.92 Å². The van der Waals surface area contributed by atoms with Gasteiger partial charge in [0.1, 0.15) is 0 Å². The van der Waals surface area contributed by atoms with Gasteiger partial charge in [-0.1, -0.05) is 19.3 Å². The van der Waals surface area contributed by atoms with Crippen LogP contribution in [0.4, 0.5) is 0 Å². The van der Waals surface area contributed by atoms with Crippen LogP contribution in [-0.2, 0) is 0 Å². The van der Waals surface area contributed by atoms with Crippen LogP contribution in [0.1, 0.15) is 44.9 Å². The Morgan fingerprint density at radius 3 is 2.69 bits per heavy atom. The first-order valence-electron chi connectivity index (χ1n) is 6.77. The summed E-state index contributed by atoms with van der Waals surface area (Å²) in [6.07, 6.45) is 10.3. The molecule has 1 saturated heterocycles. The average molecular weight is 224 g/mol. The van der Waals surface area contributed by atoms with E-state index in [2.05, 4.69) is 10.3 Å². The SMILES string of the molecule is OC1CCCCC1C=NCC1CCCCN1. The van der Waals surface area contributed by atoms with Crippen LogP contribution in [-0.4, -0.2) is 36.6 Å². The molecule has 3 heteroatoms. The van der Waals surface area contributed by atoms with Crippen LogP contribution < -0.4 is 5.32 Å². The molecule has 1 saturated carbocycles. The maximum Gasteiger partial charge on any atom is 0.0617 e. The molecule has 3 nitrogen and oxygen atoms in total. The molecule has 3 atom stereocenters. The average Bonchev–Trinajstić information content (AvgIpc) is 2.33. The van der Waals surface area contributed by atoms with Gasteiger partial charge in [0.2, 0.25) is 0 Å². The lowest BCUT2D eigenvalue weighted by atomic mass is 9.87. The van der Waals surface area contributed by atoms with E-state index in [0.717, 1.165) is 25.9 Å². The molecule has 2 N–H and O–H groups in total. The van der Waals surface area contributed by atoms with Crippen molar-refractivity contribution in [3.63, 3.8) is 0 Å². The highest BCUT2D eigenvalue weighted by molar-refractivity contribution is 5.61. The first-order chi connectivity index (χ1) is 7.86. The Morgan fingerprint density at radius 2 is 1.94 bits per heavy atom. The van der Waals surface area contributed by atoms with Crippen LogP contribution in [0.15, 0.2) is 4.99 Å². The third-order valence-electron chi connectivity index (χ3n) is 3.82. The molecule has 1 heterocycles. The molecule has 0 aromatic rings. The Balaban J connectivity index is 1.70. The molecule has 1 aliphatic heterocycles. The Kier molecular flexibility index (Phi) is 4.79. The third-order valence-corrected chi connectivity index (χ3v) is 3.82. The number of aliphatic hydroxyl groups excluding tert-OH is 1. The maximum atomic E-state index is 9.80. The van der Waals surface area contributed by atoms with E-state index in [1.165, 1.54) is 32.1 Å². The molecule has 0 amide bonds. The minimum Gasteiger partial charge on any atom is -0.392 e. The minimum absolute atomic E-state index is 0.142. The van der Waals surface area contributed by atoms with Crippen LogP contribution in [0.25, 0.3) is 0 Å². The van der Waals surface area contributed by atoms with Crippen molar-refractivity contribution >= 4 is 6.21 Å². The lowest BCUT2D eigenvalue weighted by Crippen LogP contribution is -2.36. The molecule has 2 fully saturated rings. The number of rotatable bonds is 3. The molecule has 1 aliphatic carbocycles. The number of nitrogens with one attached hydrogen (secondary N) is 1. The van der Waals surface area contributed by atoms with Crippen molar-refractivity contribution in [3.8, 4) is 0 Å². The fourth-order valence-electron chi connectivity index (χ4n) is 2.72. The maximum absolute atomic E-state index is 9.80. The Bertz CT molecular complexity index is 224. The summed E-state index contributed by atoms with van der Waals surface area (Å²) in [6.45, 7) is 2.04. The first kappa shape index (κ1) is 12.1. The van der Waals surface area contributed by atoms with Gasteiger partial charge in [-0.15, -0.1) is 0 Å². The molecular weight excluding hydrogens is 200 g/mol. The molecule has 2 aliphatic rings. The molecule has 2 rings (SSSR count). The monoisotopic (exact) mass is 224 g/mol. The van der Waals surface area contributed by atoms with Gasteiger partial charge in [-0.25, -0.2) is 0 Å². The van der Waals surface area contributed by atoms with E-state index < -0.39 is 0 Å². The zero-order valence-electron chi connectivity index (χ0n) is 10.1.